The smallest absolute Gasteiger partial charge is 0.286 e. The lowest BCUT2D eigenvalue weighted by atomic mass is 10.1. The Morgan fingerprint density at radius 1 is 0.682 bits per heavy atom. The average Bonchev–Trinajstić information content (AvgIpc) is 2.10. The van der Waals surface area contributed by atoms with Crippen LogP contribution in [0.1, 0.15) is 0 Å². The second-order valence-corrected chi connectivity index (χ2v) is 6.30. The van der Waals surface area contributed by atoms with Crippen LogP contribution in [0.5, 0.6) is 0 Å². The monoisotopic (exact) mass is 396 g/mol. The first-order chi connectivity index (χ1) is 9.00. The summed E-state index contributed by atoms with van der Waals surface area (Å²) in [5.41, 5.74) is 0. The van der Waals surface area contributed by atoms with E-state index >= 15 is 0 Å². The number of hydrogen-bond donors (Lipinski definition) is 2. The predicted octanol–water partition coefficient (Wildman–Crippen LogP) is 1.80. The summed E-state index contributed by atoms with van der Waals surface area (Å²) < 4.78 is 160. The highest BCUT2D eigenvalue weighted by Gasteiger charge is 2.85. The molecular formula is C5H5F9O6S2. The van der Waals surface area contributed by atoms with Crippen LogP contribution in [-0.2, 0) is 20.2 Å². The summed E-state index contributed by atoms with van der Waals surface area (Å²) in [6.45, 7) is 0. The highest BCUT2D eigenvalue weighted by Crippen LogP contribution is 2.54. The van der Waals surface area contributed by atoms with E-state index in [1.807, 2.05) is 0 Å². The van der Waals surface area contributed by atoms with E-state index in [4.69, 9.17) is 9.11 Å². The molecule has 0 saturated carbocycles. The quantitative estimate of drug-likeness (QED) is 0.556. The SMILES string of the molecule is CS(=O)(=O)O.O=S(=O)(O)C(F)(F)C(F)(F)C(F)(F)C(F)(F)F. The lowest BCUT2D eigenvalue weighted by molar-refractivity contribution is -0.382. The van der Waals surface area contributed by atoms with Gasteiger partial charge in [0.2, 0.25) is 0 Å². The summed E-state index contributed by atoms with van der Waals surface area (Å²) in [7, 11) is -10.8. The van der Waals surface area contributed by atoms with Crippen LogP contribution in [0.2, 0.25) is 0 Å². The molecule has 0 atom stereocenters. The first-order valence-electron chi connectivity index (χ1n) is 4.10. The van der Waals surface area contributed by atoms with Gasteiger partial charge in [0.05, 0.1) is 6.26 Å². The second-order valence-electron chi connectivity index (χ2n) is 3.37. The first kappa shape index (κ1) is 23.5. The van der Waals surface area contributed by atoms with Crippen molar-refractivity contribution < 1.29 is 65.5 Å². The van der Waals surface area contributed by atoms with Gasteiger partial charge in [-0.1, -0.05) is 0 Å². The number of hydrogen-bond acceptors (Lipinski definition) is 4. The topological polar surface area (TPSA) is 109 Å². The molecule has 0 aliphatic rings. The Bertz CT molecular complexity index is 580. The van der Waals surface area contributed by atoms with Crippen molar-refractivity contribution in [2.45, 2.75) is 23.3 Å². The van der Waals surface area contributed by atoms with Crippen LogP contribution in [0.15, 0.2) is 0 Å². The van der Waals surface area contributed by atoms with E-state index in [0.29, 0.717) is 6.26 Å². The first-order valence-corrected chi connectivity index (χ1v) is 7.38. The molecule has 0 amide bonds. The third kappa shape index (κ3) is 5.13. The zero-order chi connectivity index (χ0) is 19.0. The molecule has 0 aromatic heterocycles. The van der Waals surface area contributed by atoms with Gasteiger partial charge in [0.1, 0.15) is 0 Å². The molecule has 2 N–H and O–H groups in total. The van der Waals surface area contributed by atoms with Crippen LogP contribution in [0.3, 0.4) is 0 Å². The Morgan fingerprint density at radius 2 is 0.909 bits per heavy atom. The average molecular weight is 396 g/mol. The maximum atomic E-state index is 12.2. The van der Waals surface area contributed by atoms with Crippen LogP contribution in [0, 0.1) is 0 Å². The molecule has 0 aliphatic carbocycles. The molecule has 0 heterocycles. The van der Waals surface area contributed by atoms with Gasteiger partial charge in [-0.05, 0) is 0 Å². The maximum Gasteiger partial charge on any atom is 0.460 e. The van der Waals surface area contributed by atoms with Crippen molar-refractivity contribution in [3.63, 3.8) is 0 Å². The molecule has 0 saturated heterocycles. The Hall–Kier alpha value is -0.810. The molecule has 0 aromatic carbocycles. The van der Waals surface area contributed by atoms with Gasteiger partial charge in [-0.15, -0.1) is 0 Å². The maximum absolute atomic E-state index is 12.2. The van der Waals surface area contributed by atoms with Gasteiger partial charge in [-0.25, -0.2) is 0 Å². The molecule has 0 spiro atoms. The largest absolute Gasteiger partial charge is 0.460 e. The van der Waals surface area contributed by atoms with Gasteiger partial charge >= 0.3 is 33.4 Å². The Morgan fingerprint density at radius 3 is 1.05 bits per heavy atom. The van der Waals surface area contributed by atoms with Gasteiger partial charge in [0, 0.05) is 0 Å². The van der Waals surface area contributed by atoms with E-state index in [1.165, 1.54) is 0 Å². The van der Waals surface area contributed by atoms with Crippen molar-refractivity contribution >= 4 is 20.2 Å². The van der Waals surface area contributed by atoms with E-state index in [0.717, 1.165) is 0 Å². The van der Waals surface area contributed by atoms with Crippen LogP contribution in [0.4, 0.5) is 39.5 Å². The number of halogens is 9. The van der Waals surface area contributed by atoms with Gasteiger partial charge in [-0.2, -0.15) is 56.3 Å². The summed E-state index contributed by atoms with van der Waals surface area (Å²) in [5, 5.41) is -7.00. The molecule has 0 bridgehead atoms. The van der Waals surface area contributed by atoms with Crippen LogP contribution in [-0.4, -0.2) is 55.5 Å². The molecule has 0 fully saturated rings. The highest BCUT2D eigenvalue weighted by atomic mass is 32.2. The third-order valence-electron chi connectivity index (χ3n) is 1.44. The molecule has 22 heavy (non-hydrogen) atoms. The van der Waals surface area contributed by atoms with Gasteiger partial charge < -0.3 is 0 Å². The van der Waals surface area contributed by atoms with E-state index in [-0.39, 0.29) is 0 Å². The van der Waals surface area contributed by atoms with Crippen molar-refractivity contribution in [2.24, 2.45) is 0 Å². The predicted molar refractivity (Wildman–Crippen MR) is 49.9 cm³/mol. The fourth-order valence-electron chi connectivity index (χ4n) is 0.523. The van der Waals surface area contributed by atoms with Gasteiger partial charge in [0.25, 0.3) is 10.1 Å². The van der Waals surface area contributed by atoms with E-state index in [2.05, 4.69) is 0 Å². The fourth-order valence-corrected chi connectivity index (χ4v) is 0.975. The summed E-state index contributed by atoms with van der Waals surface area (Å²) in [6.07, 6.45) is -6.42. The summed E-state index contributed by atoms with van der Waals surface area (Å²) >= 11 is 0. The molecule has 0 rings (SSSR count). The fraction of sp³-hybridized carbons (Fsp3) is 1.00. The zero-order valence-corrected chi connectivity index (χ0v) is 11.4. The number of alkyl halides is 9. The molecule has 0 aliphatic heterocycles. The lowest BCUT2D eigenvalue weighted by Crippen LogP contribution is -2.63. The van der Waals surface area contributed by atoms with Crippen molar-refractivity contribution in [3.05, 3.63) is 0 Å². The molecule has 0 radical (unpaired) electrons. The van der Waals surface area contributed by atoms with Crippen molar-refractivity contribution in [3.8, 4) is 0 Å². The molecular weight excluding hydrogens is 391 g/mol. The lowest BCUT2D eigenvalue weighted by Gasteiger charge is -2.31. The Balaban J connectivity index is 0. The molecule has 17 heteroatoms. The van der Waals surface area contributed by atoms with Crippen LogP contribution < -0.4 is 0 Å². The Labute approximate surface area is 116 Å². The van der Waals surface area contributed by atoms with Crippen LogP contribution >= 0.6 is 0 Å². The normalized spacial score (nSPS) is 15.1. The summed E-state index contributed by atoms with van der Waals surface area (Å²) in [6, 6.07) is 0. The molecule has 136 valence electrons. The van der Waals surface area contributed by atoms with E-state index in [9.17, 15) is 56.3 Å². The van der Waals surface area contributed by atoms with Gasteiger partial charge in [-0.3, -0.25) is 9.11 Å². The molecule has 6 nitrogen and oxygen atoms in total. The minimum absolute atomic E-state index is 0.715. The summed E-state index contributed by atoms with van der Waals surface area (Å²) in [5.74, 6) is -14.7. The van der Waals surface area contributed by atoms with E-state index in [1.54, 1.807) is 0 Å². The zero-order valence-electron chi connectivity index (χ0n) is 9.75. The van der Waals surface area contributed by atoms with E-state index < -0.39 is 43.5 Å². The second kappa shape index (κ2) is 6.00. The third-order valence-corrected chi connectivity index (χ3v) is 2.34. The number of rotatable bonds is 3. The van der Waals surface area contributed by atoms with Crippen LogP contribution in [0.25, 0.3) is 0 Å². The standard InChI is InChI=1S/C4HF9O3S.CH4O3S/c5-1(6,3(9,10)11)2(7,8)4(12,13)17(14,15)16;1-5(2,3)4/h(H,14,15,16);1H3,(H,2,3,4). The molecule has 0 aromatic rings. The highest BCUT2D eigenvalue weighted by molar-refractivity contribution is 7.87. The Kier molecular flexibility index (Phi) is 6.40. The minimum atomic E-state index is -7.37. The van der Waals surface area contributed by atoms with Crippen molar-refractivity contribution in [1.82, 2.24) is 0 Å². The summed E-state index contributed by atoms with van der Waals surface area (Å²) in [4.78, 5) is 0. The van der Waals surface area contributed by atoms with Gasteiger partial charge in [0.15, 0.2) is 0 Å². The van der Waals surface area contributed by atoms with Crippen molar-refractivity contribution in [2.75, 3.05) is 6.26 Å². The molecule has 0 unspecified atom stereocenters. The minimum Gasteiger partial charge on any atom is -0.286 e. The van der Waals surface area contributed by atoms with Crippen molar-refractivity contribution in [1.29, 1.82) is 0 Å².